The Morgan fingerprint density at radius 2 is 2.19 bits per heavy atom. The fourth-order valence-electron chi connectivity index (χ4n) is 5.02. The van der Waals surface area contributed by atoms with Crippen molar-refractivity contribution < 1.29 is 9.50 Å². The van der Waals surface area contributed by atoms with Crippen molar-refractivity contribution in [2.45, 2.75) is 42.7 Å². The molecule has 3 nitrogen and oxygen atoms in total. The van der Waals surface area contributed by atoms with Gasteiger partial charge in [0.15, 0.2) is 0 Å². The van der Waals surface area contributed by atoms with Crippen LogP contribution in [0.2, 0.25) is 0 Å². The molecule has 3 atom stereocenters. The van der Waals surface area contributed by atoms with Crippen LogP contribution in [0.1, 0.15) is 42.9 Å². The van der Waals surface area contributed by atoms with Gasteiger partial charge >= 0.3 is 0 Å². The van der Waals surface area contributed by atoms with Crippen LogP contribution in [-0.2, 0) is 0 Å². The van der Waals surface area contributed by atoms with Crippen LogP contribution in [0, 0.1) is 5.82 Å². The monoisotopic (exact) mass is 384 g/mol. The smallest absolute Gasteiger partial charge is 0.123 e. The maximum Gasteiger partial charge on any atom is 0.123 e. The van der Waals surface area contributed by atoms with E-state index < -0.39 is 6.10 Å². The number of hydrogen-bond acceptors (Lipinski definition) is 4. The molecule has 3 aliphatic heterocycles. The molecule has 1 unspecified atom stereocenters. The zero-order valence-corrected chi connectivity index (χ0v) is 16.4. The Hall–Kier alpha value is -1.56. The van der Waals surface area contributed by atoms with Crippen LogP contribution in [0.5, 0.6) is 0 Å². The van der Waals surface area contributed by atoms with Crippen molar-refractivity contribution in [2.24, 2.45) is 0 Å². The van der Waals surface area contributed by atoms with E-state index in [9.17, 15) is 9.50 Å². The van der Waals surface area contributed by atoms with Gasteiger partial charge in [0.2, 0.25) is 0 Å². The normalized spacial score (nSPS) is 24.9. The molecule has 0 saturated carbocycles. The van der Waals surface area contributed by atoms with Crippen molar-refractivity contribution in [3.05, 3.63) is 47.3 Å². The molecule has 1 fully saturated rings. The topological polar surface area (TPSA) is 35.5 Å². The molecule has 5 heteroatoms. The minimum Gasteiger partial charge on any atom is -0.389 e. The molecule has 0 bridgehead atoms. The first kappa shape index (κ1) is 17.5. The van der Waals surface area contributed by atoms with Crippen LogP contribution < -0.4 is 10.2 Å². The molecule has 2 N–H and O–H groups in total. The summed E-state index contributed by atoms with van der Waals surface area (Å²) in [6, 6.07) is 9.93. The molecule has 0 aromatic heterocycles. The second kappa shape index (κ2) is 6.80. The minimum atomic E-state index is -0.698. The molecule has 0 radical (unpaired) electrons. The molecule has 0 amide bonds. The Bertz CT molecular complexity index is 885. The lowest BCUT2D eigenvalue weighted by Gasteiger charge is -2.33. The number of halogens is 1. The number of benzene rings is 2. The average molecular weight is 385 g/mol. The summed E-state index contributed by atoms with van der Waals surface area (Å²) in [6.45, 7) is 4.96. The highest BCUT2D eigenvalue weighted by Crippen LogP contribution is 2.51. The lowest BCUT2D eigenvalue weighted by molar-refractivity contribution is 0.199. The number of aliphatic hydroxyl groups is 1. The second-order valence-corrected chi connectivity index (χ2v) is 9.02. The number of hydrogen-bond donors (Lipinski definition) is 2. The van der Waals surface area contributed by atoms with Gasteiger partial charge in [-0.25, -0.2) is 4.39 Å². The number of thioether (sulfide) groups is 1. The molecule has 0 spiro atoms. The van der Waals surface area contributed by atoms with Crippen LogP contribution in [0.15, 0.2) is 35.2 Å². The molecule has 2 aromatic carbocycles. The summed E-state index contributed by atoms with van der Waals surface area (Å²) < 4.78 is 13.8. The Morgan fingerprint density at radius 3 is 3.04 bits per heavy atom. The third-order valence-corrected chi connectivity index (χ3v) is 7.33. The third-order valence-electron chi connectivity index (χ3n) is 6.21. The van der Waals surface area contributed by atoms with E-state index in [2.05, 4.69) is 22.3 Å². The zero-order valence-electron chi connectivity index (χ0n) is 15.5. The highest BCUT2D eigenvalue weighted by molar-refractivity contribution is 7.99. The fraction of sp³-hybridized carbons (Fsp3) is 0.455. The predicted octanol–water partition coefficient (Wildman–Crippen LogP) is 4.31. The molecular formula is C22H25FN2OS. The zero-order chi connectivity index (χ0) is 18.5. The van der Waals surface area contributed by atoms with Gasteiger partial charge in [-0.05, 0) is 78.6 Å². The summed E-state index contributed by atoms with van der Waals surface area (Å²) in [7, 11) is 0. The summed E-state index contributed by atoms with van der Waals surface area (Å²) in [4.78, 5) is 4.00. The van der Waals surface area contributed by atoms with E-state index in [1.807, 2.05) is 17.8 Å². The Kier molecular flexibility index (Phi) is 4.42. The van der Waals surface area contributed by atoms with Crippen molar-refractivity contribution >= 4 is 17.4 Å². The van der Waals surface area contributed by atoms with Gasteiger partial charge in [0.05, 0.1) is 11.8 Å². The number of piperidine rings is 1. The molecule has 3 aliphatic rings. The van der Waals surface area contributed by atoms with E-state index in [0.29, 0.717) is 17.5 Å². The minimum absolute atomic E-state index is 0.300. The van der Waals surface area contributed by atoms with E-state index in [1.54, 1.807) is 6.92 Å². The molecule has 27 heavy (non-hydrogen) atoms. The number of nitrogens with zero attached hydrogens (tertiary/aromatic N) is 1. The van der Waals surface area contributed by atoms with Crippen LogP contribution >= 0.6 is 11.8 Å². The largest absolute Gasteiger partial charge is 0.389 e. The Balaban J connectivity index is 1.69. The molecule has 0 aliphatic carbocycles. The quantitative estimate of drug-likeness (QED) is 0.809. The van der Waals surface area contributed by atoms with Gasteiger partial charge in [-0.15, -0.1) is 11.8 Å². The highest BCUT2D eigenvalue weighted by atomic mass is 32.2. The van der Waals surface area contributed by atoms with Gasteiger partial charge in [-0.3, -0.25) is 0 Å². The molecular weight excluding hydrogens is 359 g/mol. The summed E-state index contributed by atoms with van der Waals surface area (Å²) >= 11 is 1.94. The standard InChI is InChI=1S/C22H25FN2OS/c1-13(26)17-11-15(23)3-4-16(17)14-9-18-19-12-24-6-5-20(19)25-7-2-8-27-21(10-14)22(18)25/h3-4,9-11,13,19-20,24,26H,2,5-8,12H2,1H3/t13?,19-,20-/m0/s1. The third kappa shape index (κ3) is 2.87. The Labute approximate surface area is 164 Å². The molecule has 142 valence electrons. The average Bonchev–Trinajstić information content (AvgIpc) is 2.83. The van der Waals surface area contributed by atoms with Crippen molar-refractivity contribution in [1.82, 2.24) is 5.32 Å². The summed E-state index contributed by atoms with van der Waals surface area (Å²) in [6.07, 6.45) is 1.70. The predicted molar refractivity (Wildman–Crippen MR) is 109 cm³/mol. The van der Waals surface area contributed by atoms with Gasteiger partial charge in [0, 0.05) is 29.9 Å². The first-order valence-electron chi connectivity index (χ1n) is 9.89. The van der Waals surface area contributed by atoms with Crippen molar-refractivity contribution in [3.8, 4) is 11.1 Å². The Morgan fingerprint density at radius 1 is 1.30 bits per heavy atom. The van der Waals surface area contributed by atoms with Crippen molar-refractivity contribution in [1.29, 1.82) is 0 Å². The fourth-order valence-corrected chi connectivity index (χ4v) is 6.10. The number of nitrogens with one attached hydrogen (secondary N) is 1. The second-order valence-electron chi connectivity index (χ2n) is 7.88. The maximum absolute atomic E-state index is 13.8. The van der Waals surface area contributed by atoms with E-state index in [1.165, 1.54) is 41.1 Å². The van der Waals surface area contributed by atoms with E-state index in [0.717, 1.165) is 36.5 Å². The van der Waals surface area contributed by atoms with Gasteiger partial charge < -0.3 is 15.3 Å². The van der Waals surface area contributed by atoms with Gasteiger partial charge in [0.1, 0.15) is 5.82 Å². The van der Waals surface area contributed by atoms with Crippen LogP contribution in [0.4, 0.5) is 10.1 Å². The van der Waals surface area contributed by atoms with Gasteiger partial charge in [-0.2, -0.15) is 0 Å². The number of fused-ring (bicyclic) bond motifs is 3. The number of aliphatic hydroxyl groups excluding tert-OH is 1. The molecule has 2 aromatic rings. The summed E-state index contributed by atoms with van der Waals surface area (Å²) in [5, 5.41) is 13.8. The molecule has 5 rings (SSSR count). The number of anilines is 1. The number of rotatable bonds is 2. The summed E-state index contributed by atoms with van der Waals surface area (Å²) in [5.74, 6) is 1.35. The lowest BCUT2D eigenvalue weighted by Crippen LogP contribution is -2.44. The summed E-state index contributed by atoms with van der Waals surface area (Å²) in [5.41, 5.74) is 5.55. The van der Waals surface area contributed by atoms with E-state index >= 15 is 0 Å². The SMILES string of the molecule is CC(O)c1cc(F)ccc1-c1cc2c3c(c1)[C@@H]1CNCC[C@@H]1N3CCCS2. The first-order valence-corrected chi connectivity index (χ1v) is 10.9. The lowest BCUT2D eigenvalue weighted by atomic mass is 9.88. The van der Waals surface area contributed by atoms with Crippen molar-refractivity contribution in [3.63, 3.8) is 0 Å². The molecule has 1 saturated heterocycles. The van der Waals surface area contributed by atoms with Crippen LogP contribution in [-0.4, -0.2) is 36.5 Å². The molecule has 3 heterocycles. The van der Waals surface area contributed by atoms with E-state index in [4.69, 9.17) is 0 Å². The van der Waals surface area contributed by atoms with Crippen molar-refractivity contribution in [2.75, 3.05) is 30.3 Å². The van der Waals surface area contributed by atoms with Crippen LogP contribution in [0.3, 0.4) is 0 Å². The van der Waals surface area contributed by atoms with Gasteiger partial charge in [0.25, 0.3) is 0 Å². The van der Waals surface area contributed by atoms with E-state index in [-0.39, 0.29) is 5.82 Å². The highest BCUT2D eigenvalue weighted by Gasteiger charge is 2.42. The maximum atomic E-state index is 13.8. The first-order chi connectivity index (χ1) is 13.1. The van der Waals surface area contributed by atoms with Crippen LogP contribution in [0.25, 0.3) is 11.1 Å². The van der Waals surface area contributed by atoms with Gasteiger partial charge in [-0.1, -0.05) is 6.07 Å².